The summed E-state index contributed by atoms with van der Waals surface area (Å²) in [5.74, 6) is -0.192. The van der Waals surface area contributed by atoms with Gasteiger partial charge >= 0.3 is 0 Å². The highest BCUT2D eigenvalue weighted by molar-refractivity contribution is 7.08. The molecule has 0 saturated carbocycles. The first kappa shape index (κ1) is 11.6. The number of nitriles is 1. The van der Waals surface area contributed by atoms with Crippen LogP contribution in [0.1, 0.15) is 29.2 Å². The summed E-state index contributed by atoms with van der Waals surface area (Å²) < 4.78 is 3.67. The molecule has 1 N–H and O–H groups in total. The smallest absolute Gasteiger partial charge is 0.265 e. The molecule has 1 amide bonds. The van der Waals surface area contributed by atoms with E-state index >= 15 is 0 Å². The molecule has 1 aromatic heterocycles. The molecule has 80 valence electrons. The first-order valence-corrected chi connectivity index (χ1v) is 5.33. The minimum atomic E-state index is -0.473. The van der Waals surface area contributed by atoms with Crippen LogP contribution >= 0.6 is 11.5 Å². The number of nitrogens with zero attached hydrogens (tertiary/aromatic N) is 3. The summed E-state index contributed by atoms with van der Waals surface area (Å²) in [7, 11) is 0. The van der Waals surface area contributed by atoms with Crippen molar-refractivity contribution in [1.29, 1.82) is 5.26 Å². The fourth-order valence-corrected chi connectivity index (χ4v) is 1.55. The Kier molecular flexibility index (Phi) is 3.74. The number of hydrogen-bond donors (Lipinski definition) is 1. The highest BCUT2D eigenvalue weighted by Gasteiger charge is 2.19. The molecular formula is C9H12N4OS. The van der Waals surface area contributed by atoms with Gasteiger partial charge in [0, 0.05) is 0 Å². The molecule has 0 fully saturated rings. The molecule has 1 rings (SSSR count). The van der Waals surface area contributed by atoms with Gasteiger partial charge in [0.25, 0.3) is 5.91 Å². The van der Waals surface area contributed by atoms with Crippen molar-refractivity contribution in [3.8, 4) is 6.07 Å². The van der Waals surface area contributed by atoms with Gasteiger partial charge in [0.05, 0.1) is 11.8 Å². The topological polar surface area (TPSA) is 78.7 Å². The van der Waals surface area contributed by atoms with Gasteiger partial charge in [0.15, 0.2) is 0 Å². The number of aryl methyl sites for hydroxylation is 1. The van der Waals surface area contributed by atoms with Crippen molar-refractivity contribution in [1.82, 2.24) is 14.9 Å². The molecule has 6 heteroatoms. The van der Waals surface area contributed by atoms with E-state index in [4.69, 9.17) is 5.26 Å². The van der Waals surface area contributed by atoms with Gasteiger partial charge in [-0.2, -0.15) is 5.26 Å². The Hall–Kier alpha value is -1.48. The van der Waals surface area contributed by atoms with E-state index in [0.717, 1.165) is 11.5 Å². The second-order valence-electron chi connectivity index (χ2n) is 3.51. The summed E-state index contributed by atoms with van der Waals surface area (Å²) in [6, 6.07) is 1.57. The minimum absolute atomic E-state index is 0.0835. The van der Waals surface area contributed by atoms with E-state index in [-0.39, 0.29) is 11.8 Å². The van der Waals surface area contributed by atoms with Crippen molar-refractivity contribution >= 4 is 17.4 Å². The van der Waals surface area contributed by atoms with E-state index in [9.17, 15) is 4.79 Å². The number of carbonyl (C=O) groups is 1. The number of amides is 1. The molecule has 1 atom stereocenters. The summed E-state index contributed by atoms with van der Waals surface area (Å²) in [4.78, 5) is 12.1. The van der Waals surface area contributed by atoms with Gasteiger partial charge in [0.1, 0.15) is 10.9 Å². The van der Waals surface area contributed by atoms with Crippen LogP contribution in [0.15, 0.2) is 0 Å². The average molecular weight is 224 g/mol. The number of hydrogen-bond acceptors (Lipinski definition) is 5. The molecule has 0 aliphatic carbocycles. The maximum Gasteiger partial charge on any atom is 0.265 e. The molecule has 0 aliphatic rings. The summed E-state index contributed by atoms with van der Waals surface area (Å²) in [6.07, 6.45) is 0. The van der Waals surface area contributed by atoms with Crippen molar-refractivity contribution in [2.75, 3.05) is 0 Å². The molecule has 5 nitrogen and oxygen atoms in total. The van der Waals surface area contributed by atoms with Gasteiger partial charge in [-0.3, -0.25) is 4.79 Å². The van der Waals surface area contributed by atoms with Gasteiger partial charge < -0.3 is 5.32 Å². The molecule has 0 saturated heterocycles. The molecular weight excluding hydrogens is 212 g/mol. The van der Waals surface area contributed by atoms with Crippen LogP contribution < -0.4 is 5.32 Å². The number of aromatic nitrogens is 2. The highest BCUT2D eigenvalue weighted by atomic mass is 32.1. The van der Waals surface area contributed by atoms with Gasteiger partial charge in [-0.15, -0.1) is 5.10 Å². The minimum Gasteiger partial charge on any atom is -0.335 e. The molecule has 0 spiro atoms. The van der Waals surface area contributed by atoms with Crippen molar-refractivity contribution in [2.45, 2.75) is 26.8 Å². The van der Waals surface area contributed by atoms with E-state index in [1.54, 1.807) is 6.92 Å². The zero-order valence-electron chi connectivity index (χ0n) is 8.81. The van der Waals surface area contributed by atoms with Crippen LogP contribution in [-0.4, -0.2) is 21.5 Å². The van der Waals surface area contributed by atoms with Crippen molar-refractivity contribution in [3.05, 3.63) is 10.6 Å². The molecule has 1 heterocycles. The normalized spacial score (nSPS) is 12.2. The van der Waals surface area contributed by atoms with E-state index in [2.05, 4.69) is 14.9 Å². The monoisotopic (exact) mass is 224 g/mol. The number of carbonyl (C=O) groups excluding carboxylic acids is 1. The molecule has 0 radical (unpaired) electrons. The Morgan fingerprint density at radius 2 is 2.27 bits per heavy atom. The quantitative estimate of drug-likeness (QED) is 0.834. The van der Waals surface area contributed by atoms with Crippen LogP contribution in [0.25, 0.3) is 0 Å². The van der Waals surface area contributed by atoms with Gasteiger partial charge in [-0.25, -0.2) is 0 Å². The highest BCUT2D eigenvalue weighted by Crippen LogP contribution is 2.10. The lowest BCUT2D eigenvalue weighted by molar-refractivity contribution is 0.0941. The van der Waals surface area contributed by atoms with Crippen LogP contribution in [0.5, 0.6) is 0 Å². The Balaban J connectivity index is 2.72. The third kappa shape index (κ3) is 2.73. The van der Waals surface area contributed by atoms with Crippen molar-refractivity contribution in [2.24, 2.45) is 5.92 Å². The summed E-state index contributed by atoms with van der Waals surface area (Å²) in [5.41, 5.74) is 0.595. The van der Waals surface area contributed by atoms with E-state index in [1.165, 1.54) is 0 Å². The van der Waals surface area contributed by atoms with Crippen LogP contribution in [0.3, 0.4) is 0 Å². The van der Waals surface area contributed by atoms with Crippen LogP contribution in [-0.2, 0) is 0 Å². The lowest BCUT2D eigenvalue weighted by Gasteiger charge is -2.13. The maximum absolute atomic E-state index is 11.7. The maximum atomic E-state index is 11.7. The zero-order chi connectivity index (χ0) is 11.4. The Bertz CT molecular complexity index is 393. The number of rotatable bonds is 3. The number of nitrogens with one attached hydrogen (secondary N) is 1. The molecule has 0 aromatic carbocycles. The van der Waals surface area contributed by atoms with Crippen LogP contribution in [0.4, 0.5) is 0 Å². The van der Waals surface area contributed by atoms with Crippen LogP contribution in [0.2, 0.25) is 0 Å². The fraction of sp³-hybridized carbons (Fsp3) is 0.556. The van der Waals surface area contributed by atoms with Crippen molar-refractivity contribution < 1.29 is 4.79 Å². The summed E-state index contributed by atoms with van der Waals surface area (Å²) in [6.45, 7) is 5.48. The van der Waals surface area contributed by atoms with E-state index in [1.807, 2.05) is 19.9 Å². The molecule has 15 heavy (non-hydrogen) atoms. The molecule has 1 aromatic rings. The second kappa shape index (κ2) is 4.84. The van der Waals surface area contributed by atoms with Gasteiger partial charge in [-0.1, -0.05) is 18.3 Å². The average Bonchev–Trinajstić information content (AvgIpc) is 2.60. The lowest BCUT2D eigenvalue weighted by atomic mass is 10.1. The van der Waals surface area contributed by atoms with Crippen LogP contribution in [0, 0.1) is 24.2 Å². The first-order chi connectivity index (χ1) is 7.06. The summed E-state index contributed by atoms with van der Waals surface area (Å²) >= 11 is 1.04. The third-order valence-corrected chi connectivity index (χ3v) is 2.78. The fourth-order valence-electron chi connectivity index (χ4n) is 0.994. The van der Waals surface area contributed by atoms with E-state index < -0.39 is 6.04 Å². The SMILES string of the molecule is Cc1nnsc1C(=O)NC(C#N)C(C)C. The third-order valence-electron chi connectivity index (χ3n) is 1.95. The summed E-state index contributed by atoms with van der Waals surface area (Å²) in [5, 5.41) is 15.2. The lowest BCUT2D eigenvalue weighted by Crippen LogP contribution is -2.37. The molecule has 0 aliphatic heterocycles. The van der Waals surface area contributed by atoms with Gasteiger partial charge in [0.2, 0.25) is 0 Å². The zero-order valence-corrected chi connectivity index (χ0v) is 9.63. The molecule has 1 unspecified atom stereocenters. The Morgan fingerprint density at radius 1 is 1.60 bits per heavy atom. The molecule has 0 bridgehead atoms. The predicted octanol–water partition coefficient (Wildman–Crippen LogP) is 1.12. The van der Waals surface area contributed by atoms with Gasteiger partial charge in [-0.05, 0) is 24.4 Å². The standard InChI is InChI=1S/C9H12N4OS/c1-5(2)7(4-10)11-9(14)8-6(3)12-13-15-8/h5,7H,1-3H3,(H,11,14). The first-order valence-electron chi connectivity index (χ1n) is 4.55. The second-order valence-corrected chi connectivity index (χ2v) is 4.27. The largest absolute Gasteiger partial charge is 0.335 e. The Morgan fingerprint density at radius 3 is 2.67 bits per heavy atom. The van der Waals surface area contributed by atoms with Crippen molar-refractivity contribution in [3.63, 3.8) is 0 Å². The Labute approximate surface area is 92.3 Å². The van der Waals surface area contributed by atoms with E-state index in [0.29, 0.717) is 10.6 Å². The predicted molar refractivity (Wildman–Crippen MR) is 56.4 cm³/mol.